The zero-order valence-electron chi connectivity index (χ0n) is 9.17. The highest BCUT2D eigenvalue weighted by Gasteiger charge is 2.19. The number of alkyl halides is 2. The number of aromatic nitrogens is 1. The Kier molecular flexibility index (Phi) is 4.62. The van der Waals surface area contributed by atoms with Gasteiger partial charge in [0.15, 0.2) is 0 Å². The Balaban J connectivity index is 3.14. The average Bonchev–Trinajstić information content (AvgIpc) is 2.28. The molecule has 1 aromatic heterocycles. The molecule has 0 saturated heterocycles. The summed E-state index contributed by atoms with van der Waals surface area (Å²) < 4.78 is 34.4. The highest BCUT2D eigenvalue weighted by atomic mass is 35.5. The van der Waals surface area contributed by atoms with Gasteiger partial charge in [-0.25, -0.2) is 13.8 Å². The van der Waals surface area contributed by atoms with Crippen molar-refractivity contribution in [1.29, 1.82) is 0 Å². The summed E-state index contributed by atoms with van der Waals surface area (Å²) in [6.07, 6.45) is -2.95. The van der Waals surface area contributed by atoms with E-state index in [1.165, 1.54) is 14.2 Å². The van der Waals surface area contributed by atoms with Crippen molar-refractivity contribution in [3.63, 3.8) is 0 Å². The Hall–Kier alpha value is -1.43. The van der Waals surface area contributed by atoms with Gasteiger partial charge in [0.1, 0.15) is 10.9 Å². The third-order valence-corrected chi connectivity index (χ3v) is 2.34. The number of carbonyl (C=O) groups is 1. The van der Waals surface area contributed by atoms with Crippen LogP contribution in [0.4, 0.5) is 8.78 Å². The summed E-state index contributed by atoms with van der Waals surface area (Å²) in [7, 11) is 2.50. The third-order valence-electron chi connectivity index (χ3n) is 2.04. The molecule has 7 heteroatoms. The first-order chi connectivity index (χ1) is 7.99. The maximum absolute atomic E-state index is 12.5. The summed E-state index contributed by atoms with van der Waals surface area (Å²) in [4.78, 5) is 14.8. The van der Waals surface area contributed by atoms with E-state index in [0.717, 1.165) is 6.07 Å². The first kappa shape index (κ1) is 13.6. The molecular weight excluding hydrogens is 256 g/mol. The Morgan fingerprint density at radius 1 is 1.53 bits per heavy atom. The lowest BCUT2D eigenvalue weighted by atomic mass is 10.2. The average molecular weight is 266 g/mol. The van der Waals surface area contributed by atoms with E-state index in [0.29, 0.717) is 0 Å². The molecule has 1 heterocycles. The summed E-state index contributed by atoms with van der Waals surface area (Å²) in [5.74, 6) is -0.480. The van der Waals surface area contributed by atoms with Crippen LogP contribution in [0.3, 0.4) is 0 Å². The van der Waals surface area contributed by atoms with Gasteiger partial charge in [-0.05, 0) is 6.07 Å². The van der Waals surface area contributed by atoms with Crippen LogP contribution in [0, 0.1) is 0 Å². The van der Waals surface area contributed by atoms with Gasteiger partial charge in [-0.2, -0.15) is 0 Å². The zero-order chi connectivity index (χ0) is 13.0. The molecule has 0 aliphatic rings. The second-order valence-electron chi connectivity index (χ2n) is 3.07. The molecule has 1 rings (SSSR count). The minimum absolute atomic E-state index is 0.0788. The van der Waals surface area contributed by atoms with Crippen LogP contribution in [0.25, 0.3) is 0 Å². The summed E-state index contributed by atoms with van der Waals surface area (Å²) in [5, 5.41) is -0.347. The standard InChI is InChI=1S/C10H10ClF2NO3/c1-16-7-3-5(10(12)13)9(11)14-6(7)4-8(15)17-2/h3,10H,4H2,1-2H3. The number of nitrogens with zero attached hydrogens (tertiary/aromatic N) is 1. The molecule has 94 valence electrons. The number of ether oxygens (including phenoxy) is 2. The molecule has 0 unspecified atom stereocenters. The van der Waals surface area contributed by atoms with Crippen LogP contribution in [0.2, 0.25) is 5.15 Å². The highest BCUT2D eigenvalue weighted by molar-refractivity contribution is 6.30. The van der Waals surface area contributed by atoms with Crippen LogP contribution in [0.15, 0.2) is 6.07 Å². The predicted molar refractivity (Wildman–Crippen MR) is 56.5 cm³/mol. The minimum Gasteiger partial charge on any atom is -0.495 e. The topological polar surface area (TPSA) is 48.4 Å². The lowest BCUT2D eigenvalue weighted by Crippen LogP contribution is -2.09. The number of hydrogen-bond donors (Lipinski definition) is 0. The molecule has 0 aliphatic carbocycles. The van der Waals surface area contributed by atoms with Gasteiger partial charge >= 0.3 is 5.97 Å². The van der Waals surface area contributed by atoms with Gasteiger partial charge in [-0.1, -0.05) is 11.6 Å². The highest BCUT2D eigenvalue weighted by Crippen LogP contribution is 2.31. The number of pyridine rings is 1. The summed E-state index contributed by atoms with van der Waals surface area (Å²) in [6.45, 7) is 0. The smallest absolute Gasteiger partial charge is 0.311 e. The van der Waals surface area contributed by atoms with Crippen molar-refractivity contribution in [3.8, 4) is 5.75 Å². The molecule has 0 saturated carbocycles. The normalized spacial score (nSPS) is 10.5. The van der Waals surface area contributed by atoms with Gasteiger partial charge in [-0.3, -0.25) is 4.79 Å². The molecule has 1 aromatic rings. The molecular formula is C10H10ClF2NO3. The van der Waals surface area contributed by atoms with Gasteiger partial charge in [0, 0.05) is 0 Å². The van der Waals surface area contributed by atoms with E-state index in [-0.39, 0.29) is 23.0 Å². The fourth-order valence-electron chi connectivity index (χ4n) is 1.19. The number of halogens is 3. The van der Waals surface area contributed by atoms with E-state index in [4.69, 9.17) is 16.3 Å². The van der Waals surface area contributed by atoms with E-state index in [2.05, 4.69) is 9.72 Å². The molecule has 0 spiro atoms. The fourth-order valence-corrected chi connectivity index (χ4v) is 1.43. The number of methoxy groups -OCH3 is 2. The number of rotatable bonds is 4. The van der Waals surface area contributed by atoms with Crippen molar-refractivity contribution >= 4 is 17.6 Å². The Morgan fingerprint density at radius 3 is 2.65 bits per heavy atom. The van der Waals surface area contributed by atoms with Crippen molar-refractivity contribution in [1.82, 2.24) is 4.98 Å². The summed E-state index contributed by atoms with van der Waals surface area (Å²) in [6, 6.07) is 1.07. The van der Waals surface area contributed by atoms with Gasteiger partial charge in [0.25, 0.3) is 6.43 Å². The third kappa shape index (κ3) is 3.26. The van der Waals surface area contributed by atoms with Crippen LogP contribution < -0.4 is 4.74 Å². The zero-order valence-corrected chi connectivity index (χ0v) is 9.92. The fraction of sp³-hybridized carbons (Fsp3) is 0.400. The van der Waals surface area contributed by atoms with Crippen LogP contribution in [0.5, 0.6) is 5.75 Å². The van der Waals surface area contributed by atoms with Crippen LogP contribution in [-0.2, 0) is 16.0 Å². The van der Waals surface area contributed by atoms with E-state index in [9.17, 15) is 13.6 Å². The minimum atomic E-state index is -2.75. The first-order valence-corrected chi connectivity index (χ1v) is 4.95. The maximum atomic E-state index is 12.5. The quantitative estimate of drug-likeness (QED) is 0.620. The molecule has 0 N–H and O–H groups in total. The van der Waals surface area contributed by atoms with Crippen molar-refractivity contribution in [2.75, 3.05) is 14.2 Å². The summed E-state index contributed by atoms with van der Waals surface area (Å²) >= 11 is 5.58. The van der Waals surface area contributed by atoms with Crippen molar-refractivity contribution in [2.24, 2.45) is 0 Å². The van der Waals surface area contributed by atoms with E-state index < -0.39 is 18.0 Å². The molecule has 0 aromatic carbocycles. The monoisotopic (exact) mass is 265 g/mol. The van der Waals surface area contributed by atoms with E-state index in [1.807, 2.05) is 0 Å². The molecule has 0 amide bonds. The largest absolute Gasteiger partial charge is 0.495 e. The lowest BCUT2D eigenvalue weighted by Gasteiger charge is -2.10. The van der Waals surface area contributed by atoms with Crippen LogP contribution in [0.1, 0.15) is 17.7 Å². The number of carbonyl (C=O) groups excluding carboxylic acids is 1. The van der Waals surface area contributed by atoms with Gasteiger partial charge < -0.3 is 9.47 Å². The Labute approximate surface area is 101 Å². The van der Waals surface area contributed by atoms with Crippen molar-refractivity contribution < 1.29 is 23.0 Å². The Morgan fingerprint density at radius 2 is 2.18 bits per heavy atom. The number of esters is 1. The van der Waals surface area contributed by atoms with Crippen LogP contribution in [-0.4, -0.2) is 25.2 Å². The van der Waals surface area contributed by atoms with Crippen LogP contribution >= 0.6 is 11.6 Å². The number of hydrogen-bond acceptors (Lipinski definition) is 4. The maximum Gasteiger partial charge on any atom is 0.311 e. The van der Waals surface area contributed by atoms with Gasteiger partial charge in [0.05, 0.1) is 31.9 Å². The lowest BCUT2D eigenvalue weighted by molar-refractivity contribution is -0.139. The molecule has 0 radical (unpaired) electrons. The van der Waals surface area contributed by atoms with E-state index >= 15 is 0 Å². The van der Waals surface area contributed by atoms with E-state index in [1.54, 1.807) is 0 Å². The SMILES string of the molecule is COC(=O)Cc1nc(Cl)c(C(F)F)cc1OC. The molecule has 0 atom stereocenters. The first-order valence-electron chi connectivity index (χ1n) is 4.57. The summed E-state index contributed by atoms with van der Waals surface area (Å²) in [5.41, 5.74) is -0.272. The molecule has 0 aliphatic heterocycles. The van der Waals surface area contributed by atoms with Crippen molar-refractivity contribution in [3.05, 3.63) is 22.5 Å². The second-order valence-corrected chi connectivity index (χ2v) is 3.43. The van der Waals surface area contributed by atoms with Gasteiger partial charge in [0.2, 0.25) is 0 Å². The molecule has 0 bridgehead atoms. The molecule has 4 nitrogen and oxygen atoms in total. The molecule has 0 fully saturated rings. The van der Waals surface area contributed by atoms with Gasteiger partial charge in [-0.15, -0.1) is 0 Å². The second kappa shape index (κ2) is 5.77. The predicted octanol–water partition coefficient (Wildman–Crippen LogP) is 2.40. The Bertz CT molecular complexity index is 426. The molecule has 17 heavy (non-hydrogen) atoms. The van der Waals surface area contributed by atoms with Crippen molar-refractivity contribution in [2.45, 2.75) is 12.8 Å².